The van der Waals surface area contributed by atoms with Gasteiger partial charge in [-0.2, -0.15) is 0 Å². The summed E-state index contributed by atoms with van der Waals surface area (Å²) in [6.45, 7) is 1.46. The summed E-state index contributed by atoms with van der Waals surface area (Å²) < 4.78 is 5.43. The predicted molar refractivity (Wildman–Crippen MR) is 71.2 cm³/mol. The van der Waals surface area contributed by atoms with Crippen molar-refractivity contribution in [2.45, 2.75) is 31.8 Å². The van der Waals surface area contributed by atoms with E-state index in [-0.39, 0.29) is 12.0 Å². The molecule has 2 rings (SSSR count). The van der Waals surface area contributed by atoms with E-state index in [0.29, 0.717) is 13.0 Å². The van der Waals surface area contributed by atoms with Crippen LogP contribution in [0.15, 0.2) is 24.3 Å². The average Bonchev–Trinajstić information content (AvgIpc) is 2.84. The maximum Gasteiger partial charge on any atom is 0.222 e. The Morgan fingerprint density at radius 1 is 1.39 bits per heavy atom. The molecule has 4 nitrogen and oxygen atoms in total. The molecule has 1 aliphatic rings. The van der Waals surface area contributed by atoms with Crippen LogP contribution < -0.4 is 11.1 Å². The fraction of sp³-hybridized carbons (Fsp3) is 0.500. The maximum atomic E-state index is 11.6. The Kier molecular flexibility index (Phi) is 4.59. The van der Waals surface area contributed by atoms with Crippen molar-refractivity contribution in [3.8, 4) is 0 Å². The molecule has 1 saturated heterocycles. The topological polar surface area (TPSA) is 64.3 Å². The Bertz CT molecular complexity index is 383. The number of hydrogen-bond donors (Lipinski definition) is 2. The Balaban J connectivity index is 1.65. The second-order valence-corrected chi connectivity index (χ2v) is 4.68. The first-order valence-electron chi connectivity index (χ1n) is 6.47. The van der Waals surface area contributed by atoms with Crippen LogP contribution in [0, 0.1) is 0 Å². The number of nitrogens with one attached hydrogen (secondary N) is 1. The van der Waals surface area contributed by atoms with Crippen LogP contribution in [0.3, 0.4) is 0 Å². The minimum Gasteiger partial charge on any atom is -0.399 e. The van der Waals surface area contributed by atoms with Crippen LogP contribution in [0.1, 0.15) is 24.8 Å². The molecule has 1 fully saturated rings. The fourth-order valence-corrected chi connectivity index (χ4v) is 2.11. The lowest BCUT2D eigenvalue weighted by Crippen LogP contribution is -2.28. The summed E-state index contributed by atoms with van der Waals surface area (Å²) in [6.07, 6.45) is 3.52. The highest BCUT2D eigenvalue weighted by atomic mass is 16.5. The van der Waals surface area contributed by atoms with E-state index in [1.54, 1.807) is 0 Å². The van der Waals surface area contributed by atoms with Crippen LogP contribution in [0.5, 0.6) is 0 Å². The van der Waals surface area contributed by atoms with Crippen molar-refractivity contribution in [3.63, 3.8) is 0 Å². The molecular weight excluding hydrogens is 228 g/mol. The molecule has 1 unspecified atom stereocenters. The van der Waals surface area contributed by atoms with Gasteiger partial charge in [0.25, 0.3) is 0 Å². The van der Waals surface area contributed by atoms with E-state index in [9.17, 15) is 4.79 Å². The van der Waals surface area contributed by atoms with Crippen molar-refractivity contribution in [3.05, 3.63) is 29.8 Å². The highest BCUT2D eigenvalue weighted by molar-refractivity contribution is 5.76. The van der Waals surface area contributed by atoms with E-state index in [1.165, 1.54) is 5.56 Å². The minimum absolute atomic E-state index is 0.0809. The van der Waals surface area contributed by atoms with Crippen LogP contribution in [0.4, 0.5) is 5.69 Å². The molecule has 1 heterocycles. The van der Waals surface area contributed by atoms with Crippen LogP contribution in [-0.2, 0) is 16.0 Å². The van der Waals surface area contributed by atoms with Crippen molar-refractivity contribution < 1.29 is 9.53 Å². The standard InChI is InChI=1S/C14H20N2O2/c15-12-5-3-11(4-6-12)7-8-16-14(17)10-13-2-1-9-18-13/h3-6,13H,1-2,7-10,15H2,(H,16,17). The Labute approximate surface area is 108 Å². The van der Waals surface area contributed by atoms with Crippen molar-refractivity contribution in [2.24, 2.45) is 0 Å². The van der Waals surface area contributed by atoms with Gasteiger partial charge in [0.05, 0.1) is 12.5 Å². The molecule has 1 aliphatic heterocycles. The molecule has 0 aromatic heterocycles. The first-order chi connectivity index (χ1) is 8.74. The van der Waals surface area contributed by atoms with Gasteiger partial charge >= 0.3 is 0 Å². The molecule has 1 aromatic rings. The van der Waals surface area contributed by atoms with Gasteiger partial charge < -0.3 is 15.8 Å². The number of carbonyl (C=O) groups is 1. The van der Waals surface area contributed by atoms with Crippen molar-refractivity contribution in [1.82, 2.24) is 5.32 Å². The average molecular weight is 248 g/mol. The van der Waals surface area contributed by atoms with Crippen molar-refractivity contribution in [1.29, 1.82) is 0 Å². The lowest BCUT2D eigenvalue weighted by molar-refractivity contribution is -0.123. The summed E-state index contributed by atoms with van der Waals surface area (Å²) in [7, 11) is 0. The number of nitrogens with two attached hydrogens (primary N) is 1. The van der Waals surface area contributed by atoms with Gasteiger partial charge in [-0.05, 0) is 37.0 Å². The van der Waals surface area contributed by atoms with Crippen molar-refractivity contribution in [2.75, 3.05) is 18.9 Å². The molecule has 18 heavy (non-hydrogen) atoms. The monoisotopic (exact) mass is 248 g/mol. The summed E-state index contributed by atoms with van der Waals surface area (Å²) >= 11 is 0. The summed E-state index contributed by atoms with van der Waals surface area (Å²) in [5, 5.41) is 2.92. The third kappa shape index (κ3) is 4.04. The molecule has 98 valence electrons. The molecule has 1 aromatic carbocycles. The van der Waals surface area contributed by atoms with E-state index >= 15 is 0 Å². The second-order valence-electron chi connectivity index (χ2n) is 4.68. The zero-order chi connectivity index (χ0) is 12.8. The molecule has 4 heteroatoms. The quantitative estimate of drug-likeness (QED) is 0.776. The van der Waals surface area contributed by atoms with Gasteiger partial charge in [0.2, 0.25) is 5.91 Å². The van der Waals surface area contributed by atoms with Gasteiger partial charge in [-0.3, -0.25) is 4.79 Å². The largest absolute Gasteiger partial charge is 0.399 e. The highest BCUT2D eigenvalue weighted by Gasteiger charge is 2.18. The second kappa shape index (κ2) is 6.40. The van der Waals surface area contributed by atoms with Gasteiger partial charge in [-0.15, -0.1) is 0 Å². The molecule has 1 atom stereocenters. The number of nitrogen functional groups attached to an aromatic ring is 1. The number of rotatable bonds is 5. The normalized spacial score (nSPS) is 18.8. The first-order valence-corrected chi connectivity index (χ1v) is 6.47. The molecule has 3 N–H and O–H groups in total. The molecule has 0 spiro atoms. The van der Waals surface area contributed by atoms with E-state index in [4.69, 9.17) is 10.5 Å². The molecule has 1 amide bonds. The molecular formula is C14H20N2O2. The van der Waals surface area contributed by atoms with Gasteiger partial charge in [0, 0.05) is 18.8 Å². The summed E-state index contributed by atoms with van der Waals surface area (Å²) in [5.41, 5.74) is 7.56. The Morgan fingerprint density at radius 2 is 2.17 bits per heavy atom. The number of carbonyl (C=O) groups excluding carboxylic acids is 1. The van der Waals surface area contributed by atoms with Crippen LogP contribution in [0.2, 0.25) is 0 Å². The summed E-state index contributed by atoms with van der Waals surface area (Å²) in [5.74, 6) is 0.0809. The lowest BCUT2D eigenvalue weighted by Gasteiger charge is -2.09. The predicted octanol–water partition coefficient (Wildman–Crippen LogP) is 1.50. The number of hydrogen-bond acceptors (Lipinski definition) is 3. The fourth-order valence-electron chi connectivity index (χ4n) is 2.11. The van der Waals surface area contributed by atoms with Gasteiger partial charge in [0.15, 0.2) is 0 Å². The first kappa shape index (κ1) is 12.9. The van der Waals surface area contributed by atoms with Crippen LogP contribution >= 0.6 is 0 Å². The number of ether oxygens (including phenoxy) is 1. The zero-order valence-electron chi connectivity index (χ0n) is 10.5. The smallest absolute Gasteiger partial charge is 0.222 e. The van der Waals surface area contributed by atoms with E-state index < -0.39 is 0 Å². The molecule has 0 saturated carbocycles. The minimum atomic E-state index is 0.0809. The molecule has 0 aliphatic carbocycles. The summed E-state index contributed by atoms with van der Waals surface area (Å²) in [6, 6.07) is 7.73. The third-order valence-electron chi connectivity index (χ3n) is 3.15. The number of anilines is 1. The lowest BCUT2D eigenvalue weighted by atomic mass is 10.1. The molecule has 0 bridgehead atoms. The number of amides is 1. The maximum absolute atomic E-state index is 11.6. The Morgan fingerprint density at radius 3 is 2.83 bits per heavy atom. The van der Waals surface area contributed by atoms with Crippen molar-refractivity contribution >= 4 is 11.6 Å². The highest BCUT2D eigenvalue weighted by Crippen LogP contribution is 2.14. The van der Waals surface area contributed by atoms with Crippen LogP contribution in [-0.4, -0.2) is 25.2 Å². The van der Waals surface area contributed by atoms with E-state index in [1.807, 2.05) is 24.3 Å². The van der Waals surface area contributed by atoms with E-state index in [2.05, 4.69) is 5.32 Å². The number of benzene rings is 1. The van der Waals surface area contributed by atoms with Gasteiger partial charge in [-0.25, -0.2) is 0 Å². The van der Waals surface area contributed by atoms with Gasteiger partial charge in [0.1, 0.15) is 0 Å². The molecule has 0 radical (unpaired) electrons. The Hall–Kier alpha value is -1.55. The third-order valence-corrected chi connectivity index (χ3v) is 3.15. The van der Waals surface area contributed by atoms with Crippen LogP contribution in [0.25, 0.3) is 0 Å². The summed E-state index contributed by atoms with van der Waals surface area (Å²) in [4.78, 5) is 11.6. The zero-order valence-corrected chi connectivity index (χ0v) is 10.5. The SMILES string of the molecule is Nc1ccc(CCNC(=O)CC2CCCO2)cc1. The van der Waals surface area contributed by atoms with Gasteiger partial charge in [-0.1, -0.05) is 12.1 Å². The van der Waals surface area contributed by atoms with E-state index in [0.717, 1.165) is 31.6 Å².